The Labute approximate surface area is 194 Å². The highest BCUT2D eigenvalue weighted by Gasteiger charge is 2.27. The second-order valence-electron chi connectivity index (χ2n) is 8.52. The molecule has 0 saturated carbocycles. The lowest BCUT2D eigenvalue weighted by Gasteiger charge is -2.31. The van der Waals surface area contributed by atoms with Gasteiger partial charge >= 0.3 is 6.03 Å². The molecule has 0 aromatic carbocycles. The van der Waals surface area contributed by atoms with Crippen LogP contribution in [0.5, 0.6) is 0 Å². The van der Waals surface area contributed by atoms with E-state index >= 15 is 0 Å². The van der Waals surface area contributed by atoms with Crippen LogP contribution in [0.1, 0.15) is 73.3 Å². The number of hydrogen-bond acceptors (Lipinski definition) is 6. The number of likely N-dealkylation sites (tertiary alicyclic amines) is 1. The Balaban J connectivity index is 1.42. The fourth-order valence-electron chi connectivity index (χ4n) is 4.34. The molecule has 1 aromatic heterocycles. The lowest BCUT2D eigenvalue weighted by Crippen LogP contribution is -2.44. The summed E-state index contributed by atoms with van der Waals surface area (Å²) < 4.78 is 10.4. The van der Waals surface area contributed by atoms with Gasteiger partial charge in [0.25, 0.3) is 5.91 Å². The third-order valence-electron chi connectivity index (χ3n) is 6.22. The van der Waals surface area contributed by atoms with Gasteiger partial charge in [0.2, 0.25) is 0 Å². The van der Waals surface area contributed by atoms with E-state index in [4.69, 9.17) is 9.47 Å². The van der Waals surface area contributed by atoms with Crippen molar-refractivity contribution in [3.63, 3.8) is 0 Å². The number of allylic oxidation sites excluding steroid dienone is 1. The van der Waals surface area contributed by atoms with Gasteiger partial charge in [0.15, 0.2) is 6.29 Å². The zero-order valence-corrected chi connectivity index (χ0v) is 20.2. The van der Waals surface area contributed by atoms with Crippen molar-refractivity contribution in [2.45, 2.75) is 70.1 Å². The Bertz CT molecular complexity index is 785. The number of rotatable bonds is 9. The van der Waals surface area contributed by atoms with Crippen LogP contribution in [0.4, 0.5) is 4.79 Å². The van der Waals surface area contributed by atoms with Crippen molar-refractivity contribution in [2.75, 3.05) is 33.9 Å². The molecule has 178 valence electrons. The second-order valence-corrected chi connectivity index (χ2v) is 9.41. The maximum absolute atomic E-state index is 12.5. The molecule has 2 heterocycles. The summed E-state index contributed by atoms with van der Waals surface area (Å²) in [7, 11) is 3.08. The topological polar surface area (TPSA) is 92.8 Å². The van der Waals surface area contributed by atoms with Crippen molar-refractivity contribution in [1.82, 2.24) is 20.5 Å². The maximum atomic E-state index is 12.5. The fraction of sp³-hybridized carbons (Fsp3) is 0.696. The van der Waals surface area contributed by atoms with Crippen LogP contribution in [0.15, 0.2) is 17.0 Å². The average molecular weight is 465 g/mol. The molecule has 8 nitrogen and oxygen atoms in total. The molecule has 0 spiro atoms. The second kappa shape index (κ2) is 12.3. The number of urea groups is 1. The first-order valence-corrected chi connectivity index (χ1v) is 12.4. The third kappa shape index (κ3) is 6.76. The molecule has 1 aliphatic carbocycles. The molecule has 1 unspecified atom stereocenters. The Morgan fingerprint density at radius 2 is 2.00 bits per heavy atom. The van der Waals surface area contributed by atoms with Crippen LogP contribution in [0.3, 0.4) is 0 Å². The number of hydrogen-bond donors (Lipinski definition) is 2. The largest absolute Gasteiger partial charge is 0.354 e. The molecule has 2 N–H and O–H groups in total. The number of thiazole rings is 1. The number of carbonyl (C=O) groups excluding carboxylic acids is 2. The van der Waals surface area contributed by atoms with Gasteiger partial charge in [-0.05, 0) is 51.9 Å². The first-order valence-electron chi connectivity index (χ1n) is 11.5. The summed E-state index contributed by atoms with van der Waals surface area (Å²) in [6.45, 7) is 3.96. The van der Waals surface area contributed by atoms with Crippen LogP contribution in [-0.4, -0.2) is 68.0 Å². The van der Waals surface area contributed by atoms with Crippen molar-refractivity contribution in [3.8, 4) is 0 Å². The minimum Gasteiger partial charge on any atom is -0.354 e. The van der Waals surface area contributed by atoms with Crippen molar-refractivity contribution >= 4 is 23.3 Å². The summed E-state index contributed by atoms with van der Waals surface area (Å²) in [5.74, 6) is 0.0464. The molecule has 3 amide bonds. The summed E-state index contributed by atoms with van der Waals surface area (Å²) in [5.41, 5.74) is 1.90. The van der Waals surface area contributed by atoms with Gasteiger partial charge in [-0.15, -0.1) is 11.3 Å². The van der Waals surface area contributed by atoms with E-state index in [-0.39, 0.29) is 23.9 Å². The lowest BCUT2D eigenvalue weighted by molar-refractivity contribution is -0.117. The van der Waals surface area contributed by atoms with Crippen LogP contribution in [0, 0.1) is 0 Å². The highest BCUT2D eigenvalue weighted by Crippen LogP contribution is 2.30. The van der Waals surface area contributed by atoms with Gasteiger partial charge < -0.3 is 25.0 Å². The molecule has 0 radical (unpaired) electrons. The smallest absolute Gasteiger partial charge is 0.317 e. The molecule has 1 atom stereocenters. The van der Waals surface area contributed by atoms with Crippen molar-refractivity contribution in [3.05, 3.63) is 27.7 Å². The number of nitrogens with zero attached hydrogens (tertiary/aromatic N) is 2. The maximum Gasteiger partial charge on any atom is 0.317 e. The number of nitrogens with one attached hydrogen (secondary N) is 2. The molecule has 1 saturated heterocycles. The van der Waals surface area contributed by atoms with E-state index < -0.39 is 6.29 Å². The summed E-state index contributed by atoms with van der Waals surface area (Å²) in [6, 6.07) is -0.266. The fourth-order valence-corrected chi connectivity index (χ4v) is 5.31. The third-order valence-corrected chi connectivity index (χ3v) is 7.23. The highest BCUT2D eigenvalue weighted by molar-refractivity contribution is 7.09. The molecule has 3 rings (SSSR count). The van der Waals surface area contributed by atoms with E-state index in [1.807, 2.05) is 11.8 Å². The predicted octanol–water partition coefficient (Wildman–Crippen LogP) is 3.66. The van der Waals surface area contributed by atoms with E-state index in [2.05, 4.69) is 21.7 Å². The van der Waals surface area contributed by atoms with E-state index in [1.165, 1.54) is 42.6 Å². The van der Waals surface area contributed by atoms with Crippen LogP contribution in [0.2, 0.25) is 0 Å². The van der Waals surface area contributed by atoms with Crippen LogP contribution < -0.4 is 10.6 Å². The van der Waals surface area contributed by atoms with Crippen molar-refractivity contribution in [1.29, 1.82) is 0 Å². The zero-order chi connectivity index (χ0) is 22.9. The SMILES string of the molecule is COC(OC)C(C)NC(=O)c1csc(C2CCN(C(=O)NCCC3=CCCCC3)CC2)n1. The first-order chi connectivity index (χ1) is 15.5. The summed E-state index contributed by atoms with van der Waals surface area (Å²) in [5, 5.41) is 8.70. The monoisotopic (exact) mass is 464 g/mol. The molecule has 1 fully saturated rings. The van der Waals surface area contributed by atoms with Gasteiger partial charge in [0, 0.05) is 45.2 Å². The molecule has 1 aliphatic heterocycles. The minimum atomic E-state index is -0.507. The summed E-state index contributed by atoms with van der Waals surface area (Å²) in [6.07, 6.45) is 9.41. The van der Waals surface area contributed by atoms with E-state index in [0.29, 0.717) is 25.3 Å². The summed E-state index contributed by atoms with van der Waals surface area (Å²) in [4.78, 5) is 31.5. The molecule has 9 heteroatoms. The molecular formula is C23H36N4O4S. The normalized spacial score (nSPS) is 18.4. The molecule has 2 aliphatic rings. The van der Waals surface area contributed by atoms with Gasteiger partial charge in [-0.2, -0.15) is 0 Å². The summed E-state index contributed by atoms with van der Waals surface area (Å²) >= 11 is 1.51. The van der Waals surface area contributed by atoms with E-state index in [0.717, 1.165) is 24.3 Å². The Hall–Kier alpha value is -1.97. The molecular weight excluding hydrogens is 428 g/mol. The van der Waals surface area contributed by atoms with E-state index in [9.17, 15) is 9.59 Å². The predicted molar refractivity (Wildman–Crippen MR) is 125 cm³/mol. The minimum absolute atomic E-state index is 0.0268. The molecule has 0 bridgehead atoms. The van der Waals surface area contributed by atoms with Gasteiger partial charge in [0.1, 0.15) is 5.69 Å². The van der Waals surface area contributed by atoms with Gasteiger partial charge in [-0.3, -0.25) is 4.79 Å². The average Bonchev–Trinajstić information content (AvgIpc) is 3.31. The number of amides is 3. The number of aromatic nitrogens is 1. The standard InChI is InChI=1S/C23H36N4O4S/c1-16(22(30-2)31-3)25-20(28)19-15-32-21(26-19)18-10-13-27(14-11-18)23(29)24-12-9-17-7-5-4-6-8-17/h7,15-16,18,22H,4-6,8-14H2,1-3H3,(H,24,29)(H,25,28). The lowest BCUT2D eigenvalue weighted by atomic mass is 9.97. The molecule has 1 aromatic rings. The quantitative estimate of drug-likeness (QED) is 0.430. The van der Waals surface area contributed by atoms with Gasteiger partial charge in [-0.25, -0.2) is 9.78 Å². The van der Waals surface area contributed by atoms with Crippen LogP contribution in [0.25, 0.3) is 0 Å². The number of methoxy groups -OCH3 is 2. The van der Waals surface area contributed by atoms with Crippen molar-refractivity contribution in [2.24, 2.45) is 0 Å². The van der Waals surface area contributed by atoms with Crippen LogP contribution in [-0.2, 0) is 9.47 Å². The van der Waals surface area contributed by atoms with Crippen molar-refractivity contribution < 1.29 is 19.1 Å². The highest BCUT2D eigenvalue weighted by atomic mass is 32.1. The Kier molecular flexibility index (Phi) is 9.50. The van der Waals surface area contributed by atoms with Crippen LogP contribution >= 0.6 is 11.3 Å². The Morgan fingerprint density at radius 1 is 1.25 bits per heavy atom. The molecule has 32 heavy (non-hydrogen) atoms. The van der Waals surface area contributed by atoms with Gasteiger partial charge in [0.05, 0.1) is 11.0 Å². The number of piperidine rings is 1. The Morgan fingerprint density at radius 3 is 2.66 bits per heavy atom. The number of carbonyl (C=O) groups is 2. The first kappa shape index (κ1) is 24.7. The van der Waals surface area contributed by atoms with Gasteiger partial charge in [-0.1, -0.05) is 11.6 Å². The zero-order valence-electron chi connectivity index (χ0n) is 19.4. The van der Waals surface area contributed by atoms with E-state index in [1.54, 1.807) is 19.6 Å². The number of ether oxygens (including phenoxy) is 2.